The summed E-state index contributed by atoms with van der Waals surface area (Å²) < 4.78 is 5.71. The van der Waals surface area contributed by atoms with Gasteiger partial charge in [-0.05, 0) is 56.8 Å². The molecular weight excluding hydrogens is 210 g/mol. The molecule has 0 aromatic rings. The smallest absolute Gasteiger partial charge is 0.0802 e. The number of ether oxygens (including phenoxy) is 1. The Morgan fingerprint density at radius 1 is 1.06 bits per heavy atom. The van der Waals surface area contributed by atoms with E-state index in [9.17, 15) is 0 Å². The second kappa shape index (κ2) is 4.89. The van der Waals surface area contributed by atoms with Crippen LogP contribution in [0.4, 0.5) is 0 Å². The SMILES string of the molecule is COC1(CN[C@H]2CCCC[C@@H]2C2CC2)CCC1. The summed E-state index contributed by atoms with van der Waals surface area (Å²) in [6, 6.07) is 0.795. The fraction of sp³-hybridized carbons (Fsp3) is 1.00. The van der Waals surface area contributed by atoms with Gasteiger partial charge in [0.2, 0.25) is 0 Å². The van der Waals surface area contributed by atoms with E-state index in [-0.39, 0.29) is 5.60 Å². The Kier molecular flexibility index (Phi) is 3.45. The first-order chi connectivity index (χ1) is 8.33. The van der Waals surface area contributed by atoms with Crippen molar-refractivity contribution in [3.8, 4) is 0 Å². The topological polar surface area (TPSA) is 21.3 Å². The molecule has 0 aromatic carbocycles. The average Bonchev–Trinajstić information content (AvgIpc) is 3.13. The number of hydrogen-bond donors (Lipinski definition) is 1. The van der Waals surface area contributed by atoms with Crippen LogP contribution in [0.5, 0.6) is 0 Å². The predicted molar refractivity (Wildman–Crippen MR) is 70.1 cm³/mol. The summed E-state index contributed by atoms with van der Waals surface area (Å²) in [5.41, 5.74) is 0.200. The first kappa shape index (κ1) is 12.0. The Morgan fingerprint density at radius 3 is 2.41 bits per heavy atom. The van der Waals surface area contributed by atoms with Crippen molar-refractivity contribution in [2.24, 2.45) is 11.8 Å². The lowest BCUT2D eigenvalue weighted by atomic mass is 9.78. The number of hydrogen-bond acceptors (Lipinski definition) is 2. The molecule has 2 heteroatoms. The summed E-state index contributed by atoms with van der Waals surface area (Å²) in [6.45, 7) is 1.09. The van der Waals surface area contributed by atoms with Gasteiger partial charge in [-0.25, -0.2) is 0 Å². The molecule has 0 radical (unpaired) electrons. The van der Waals surface area contributed by atoms with E-state index in [1.54, 1.807) is 0 Å². The van der Waals surface area contributed by atoms with Crippen LogP contribution in [-0.4, -0.2) is 25.3 Å². The molecule has 1 N–H and O–H groups in total. The summed E-state index contributed by atoms with van der Waals surface area (Å²) in [5, 5.41) is 3.86. The molecule has 2 nitrogen and oxygen atoms in total. The molecule has 3 aliphatic carbocycles. The molecule has 0 bridgehead atoms. The summed E-state index contributed by atoms with van der Waals surface area (Å²) in [5.74, 6) is 2.05. The Bertz CT molecular complexity index is 252. The molecule has 98 valence electrons. The van der Waals surface area contributed by atoms with Crippen LogP contribution in [0, 0.1) is 11.8 Å². The highest BCUT2D eigenvalue weighted by atomic mass is 16.5. The van der Waals surface area contributed by atoms with Crippen LogP contribution in [0.2, 0.25) is 0 Å². The van der Waals surface area contributed by atoms with E-state index in [4.69, 9.17) is 4.74 Å². The summed E-state index contributed by atoms with van der Waals surface area (Å²) in [7, 11) is 1.89. The molecule has 0 amide bonds. The van der Waals surface area contributed by atoms with Gasteiger partial charge in [0.1, 0.15) is 0 Å². The first-order valence-corrected chi connectivity index (χ1v) is 7.61. The Balaban J connectivity index is 1.52. The molecule has 2 atom stereocenters. The van der Waals surface area contributed by atoms with Gasteiger partial charge in [0.25, 0.3) is 0 Å². The molecule has 0 spiro atoms. The minimum Gasteiger partial charge on any atom is -0.377 e. The predicted octanol–water partition coefficient (Wildman–Crippen LogP) is 3.11. The van der Waals surface area contributed by atoms with E-state index < -0.39 is 0 Å². The van der Waals surface area contributed by atoms with Crippen molar-refractivity contribution in [1.29, 1.82) is 0 Å². The Hall–Kier alpha value is -0.0800. The zero-order valence-electron chi connectivity index (χ0n) is 11.2. The van der Waals surface area contributed by atoms with Crippen LogP contribution in [0.15, 0.2) is 0 Å². The summed E-state index contributed by atoms with van der Waals surface area (Å²) in [4.78, 5) is 0. The molecule has 0 aliphatic heterocycles. The lowest BCUT2D eigenvalue weighted by Gasteiger charge is -2.43. The Labute approximate surface area is 105 Å². The molecule has 0 heterocycles. The van der Waals surface area contributed by atoms with Crippen LogP contribution in [0.1, 0.15) is 57.8 Å². The van der Waals surface area contributed by atoms with Crippen LogP contribution in [0.25, 0.3) is 0 Å². The molecular formula is C15H27NO. The molecule has 3 rings (SSSR count). The number of methoxy groups -OCH3 is 1. The highest BCUT2D eigenvalue weighted by molar-refractivity contribution is 4.96. The van der Waals surface area contributed by atoms with E-state index in [1.165, 1.54) is 57.8 Å². The largest absolute Gasteiger partial charge is 0.377 e. The minimum absolute atomic E-state index is 0.200. The zero-order chi connectivity index (χ0) is 11.7. The summed E-state index contributed by atoms with van der Waals surface area (Å²) >= 11 is 0. The molecule has 0 aromatic heterocycles. The third-order valence-corrected chi connectivity index (χ3v) is 5.43. The Morgan fingerprint density at radius 2 is 1.82 bits per heavy atom. The van der Waals surface area contributed by atoms with Crippen molar-refractivity contribution < 1.29 is 4.74 Å². The molecule has 3 fully saturated rings. The highest BCUT2D eigenvalue weighted by Crippen LogP contribution is 2.44. The summed E-state index contributed by atoms with van der Waals surface area (Å²) in [6.07, 6.45) is 12.6. The van der Waals surface area contributed by atoms with Gasteiger partial charge in [-0.1, -0.05) is 12.8 Å². The standard InChI is InChI=1S/C15H27NO/c1-17-15(9-4-10-15)11-16-14-6-3-2-5-13(14)12-7-8-12/h12-14,16H,2-11H2,1H3/t13-,14+/m1/s1. The van der Waals surface area contributed by atoms with Crippen molar-refractivity contribution in [3.63, 3.8) is 0 Å². The minimum atomic E-state index is 0.200. The van der Waals surface area contributed by atoms with E-state index >= 15 is 0 Å². The molecule has 17 heavy (non-hydrogen) atoms. The van der Waals surface area contributed by atoms with Gasteiger partial charge in [-0.2, -0.15) is 0 Å². The van der Waals surface area contributed by atoms with Gasteiger partial charge in [0.15, 0.2) is 0 Å². The van der Waals surface area contributed by atoms with Gasteiger partial charge in [-0.15, -0.1) is 0 Å². The van der Waals surface area contributed by atoms with Gasteiger partial charge < -0.3 is 10.1 Å². The fourth-order valence-electron chi connectivity index (χ4n) is 3.84. The second-order valence-electron chi connectivity index (χ2n) is 6.51. The van der Waals surface area contributed by atoms with E-state index in [0.717, 1.165) is 24.4 Å². The third-order valence-electron chi connectivity index (χ3n) is 5.43. The monoisotopic (exact) mass is 237 g/mol. The van der Waals surface area contributed by atoms with Gasteiger partial charge in [-0.3, -0.25) is 0 Å². The molecule has 3 saturated carbocycles. The number of rotatable bonds is 5. The van der Waals surface area contributed by atoms with Crippen LogP contribution in [-0.2, 0) is 4.74 Å². The van der Waals surface area contributed by atoms with E-state index in [1.807, 2.05) is 7.11 Å². The molecule has 0 unspecified atom stereocenters. The lowest BCUT2D eigenvalue weighted by Crippen LogP contribution is -2.52. The average molecular weight is 237 g/mol. The van der Waals surface area contributed by atoms with Crippen molar-refractivity contribution in [1.82, 2.24) is 5.32 Å². The maximum atomic E-state index is 5.71. The van der Waals surface area contributed by atoms with Crippen LogP contribution < -0.4 is 5.32 Å². The lowest BCUT2D eigenvalue weighted by molar-refractivity contribution is -0.0726. The van der Waals surface area contributed by atoms with Gasteiger partial charge in [0.05, 0.1) is 5.60 Å². The maximum Gasteiger partial charge on any atom is 0.0802 e. The van der Waals surface area contributed by atoms with Gasteiger partial charge >= 0.3 is 0 Å². The van der Waals surface area contributed by atoms with E-state index in [0.29, 0.717) is 0 Å². The van der Waals surface area contributed by atoms with Gasteiger partial charge in [0, 0.05) is 19.7 Å². The van der Waals surface area contributed by atoms with Crippen LogP contribution in [0.3, 0.4) is 0 Å². The maximum absolute atomic E-state index is 5.71. The molecule has 3 aliphatic rings. The second-order valence-corrected chi connectivity index (χ2v) is 6.51. The zero-order valence-corrected chi connectivity index (χ0v) is 11.2. The normalized spacial score (nSPS) is 36.5. The fourth-order valence-corrected chi connectivity index (χ4v) is 3.84. The molecule has 0 saturated heterocycles. The number of nitrogens with one attached hydrogen (secondary N) is 1. The van der Waals surface area contributed by atoms with Crippen LogP contribution >= 0.6 is 0 Å². The highest BCUT2D eigenvalue weighted by Gasteiger charge is 2.41. The van der Waals surface area contributed by atoms with Crippen molar-refractivity contribution in [3.05, 3.63) is 0 Å². The quantitative estimate of drug-likeness (QED) is 0.793. The third kappa shape index (κ3) is 2.53. The van der Waals surface area contributed by atoms with Crippen molar-refractivity contribution in [2.75, 3.05) is 13.7 Å². The van der Waals surface area contributed by atoms with Crippen molar-refractivity contribution in [2.45, 2.75) is 69.4 Å². The van der Waals surface area contributed by atoms with E-state index in [2.05, 4.69) is 5.32 Å². The van der Waals surface area contributed by atoms with Crippen molar-refractivity contribution >= 4 is 0 Å². The first-order valence-electron chi connectivity index (χ1n) is 7.61.